The van der Waals surface area contributed by atoms with Gasteiger partial charge in [0.05, 0.1) is 6.26 Å². The molecule has 0 bridgehead atoms. The first-order chi connectivity index (χ1) is 13.5. The number of carbonyl (C=O) groups is 3. The highest BCUT2D eigenvalue weighted by atomic mass is 16.3. The molecule has 154 valence electrons. The number of likely N-dealkylation sites (tertiary alicyclic amines) is 1. The van der Waals surface area contributed by atoms with E-state index in [-0.39, 0.29) is 29.6 Å². The minimum absolute atomic E-state index is 0.0157. The minimum atomic E-state index is -0.120. The summed E-state index contributed by atoms with van der Waals surface area (Å²) >= 11 is 0. The molecule has 0 spiro atoms. The van der Waals surface area contributed by atoms with Gasteiger partial charge >= 0.3 is 0 Å². The normalized spacial score (nSPS) is 18.6. The van der Waals surface area contributed by atoms with Crippen molar-refractivity contribution >= 4 is 17.7 Å². The summed E-state index contributed by atoms with van der Waals surface area (Å²) in [4.78, 5) is 43.3. The predicted octanol–water partition coefficient (Wildman–Crippen LogP) is 2.24. The quantitative estimate of drug-likeness (QED) is 0.774. The Bertz CT molecular complexity index is 668. The number of amides is 3. The highest BCUT2D eigenvalue weighted by molar-refractivity contribution is 5.91. The van der Waals surface area contributed by atoms with Crippen LogP contribution in [0.25, 0.3) is 0 Å². The van der Waals surface area contributed by atoms with Gasteiger partial charge in [-0.05, 0) is 37.8 Å². The number of rotatable bonds is 5. The van der Waals surface area contributed by atoms with Gasteiger partial charge in [0.15, 0.2) is 5.76 Å². The number of carbonyl (C=O) groups excluding carboxylic acids is 3. The van der Waals surface area contributed by atoms with Crippen molar-refractivity contribution in [2.24, 2.45) is 11.8 Å². The van der Waals surface area contributed by atoms with Gasteiger partial charge < -0.3 is 19.1 Å². The standard InChI is InChI=1S/C21H31N3O4/c1-3-16(4-2)19(25)22-9-7-17(8-10-22)20(26)23-11-13-24(14-12-23)21(27)18-6-5-15-28-18/h5-6,15-17H,3-4,7-14H2,1-2H3. The van der Waals surface area contributed by atoms with Crippen molar-refractivity contribution in [3.63, 3.8) is 0 Å². The molecular formula is C21H31N3O4. The van der Waals surface area contributed by atoms with Crippen LogP contribution in [0.15, 0.2) is 22.8 Å². The largest absolute Gasteiger partial charge is 0.459 e. The molecule has 2 aliphatic rings. The van der Waals surface area contributed by atoms with Crippen molar-refractivity contribution in [3.8, 4) is 0 Å². The molecule has 0 N–H and O–H groups in total. The van der Waals surface area contributed by atoms with Gasteiger partial charge in [0, 0.05) is 51.1 Å². The smallest absolute Gasteiger partial charge is 0.289 e. The lowest BCUT2D eigenvalue weighted by Crippen LogP contribution is -2.53. The SMILES string of the molecule is CCC(CC)C(=O)N1CCC(C(=O)N2CCN(C(=O)c3ccco3)CC2)CC1. The molecule has 7 heteroatoms. The Kier molecular flexibility index (Phi) is 6.75. The van der Waals surface area contributed by atoms with E-state index in [1.807, 2.05) is 9.80 Å². The van der Waals surface area contributed by atoms with Gasteiger partial charge in [-0.25, -0.2) is 0 Å². The van der Waals surface area contributed by atoms with E-state index in [1.165, 1.54) is 6.26 Å². The second-order valence-corrected chi connectivity index (χ2v) is 7.71. The third-order valence-corrected chi connectivity index (χ3v) is 6.10. The summed E-state index contributed by atoms with van der Waals surface area (Å²) in [7, 11) is 0. The van der Waals surface area contributed by atoms with Crippen LogP contribution in [0.3, 0.4) is 0 Å². The molecule has 0 aromatic carbocycles. The first-order valence-electron chi connectivity index (χ1n) is 10.5. The molecule has 3 rings (SSSR count). The zero-order valence-corrected chi connectivity index (χ0v) is 16.9. The Hall–Kier alpha value is -2.31. The topological polar surface area (TPSA) is 74.1 Å². The fraction of sp³-hybridized carbons (Fsp3) is 0.667. The zero-order chi connectivity index (χ0) is 20.1. The second kappa shape index (κ2) is 9.26. The van der Waals surface area contributed by atoms with E-state index in [9.17, 15) is 14.4 Å². The van der Waals surface area contributed by atoms with Gasteiger partial charge in [0.25, 0.3) is 5.91 Å². The summed E-state index contributed by atoms with van der Waals surface area (Å²) in [5.41, 5.74) is 0. The molecule has 0 radical (unpaired) electrons. The van der Waals surface area contributed by atoms with Gasteiger partial charge in [-0.15, -0.1) is 0 Å². The van der Waals surface area contributed by atoms with E-state index in [1.54, 1.807) is 17.0 Å². The molecule has 2 fully saturated rings. The molecule has 7 nitrogen and oxygen atoms in total. The molecule has 3 heterocycles. The first kappa shape index (κ1) is 20.4. The second-order valence-electron chi connectivity index (χ2n) is 7.71. The van der Waals surface area contributed by atoms with Crippen LogP contribution < -0.4 is 0 Å². The van der Waals surface area contributed by atoms with E-state index in [2.05, 4.69) is 13.8 Å². The zero-order valence-electron chi connectivity index (χ0n) is 16.9. The van der Waals surface area contributed by atoms with Gasteiger partial charge in [-0.2, -0.15) is 0 Å². The van der Waals surface area contributed by atoms with Crippen molar-refractivity contribution in [3.05, 3.63) is 24.2 Å². The number of nitrogens with zero attached hydrogens (tertiary/aromatic N) is 3. The Morgan fingerprint density at radius 3 is 2.11 bits per heavy atom. The summed E-state index contributed by atoms with van der Waals surface area (Å²) in [6, 6.07) is 3.36. The van der Waals surface area contributed by atoms with Crippen molar-refractivity contribution in [1.29, 1.82) is 0 Å². The van der Waals surface area contributed by atoms with Gasteiger partial charge in [-0.1, -0.05) is 13.8 Å². The molecule has 28 heavy (non-hydrogen) atoms. The highest BCUT2D eigenvalue weighted by Gasteiger charge is 2.33. The van der Waals surface area contributed by atoms with Crippen molar-refractivity contribution < 1.29 is 18.8 Å². The maximum Gasteiger partial charge on any atom is 0.289 e. The van der Waals surface area contributed by atoms with Crippen LogP contribution in [0.4, 0.5) is 0 Å². The summed E-state index contributed by atoms with van der Waals surface area (Å²) in [6.45, 7) is 7.60. The fourth-order valence-corrected chi connectivity index (χ4v) is 4.19. The lowest BCUT2D eigenvalue weighted by atomic mass is 9.93. The van der Waals surface area contributed by atoms with Crippen molar-refractivity contribution in [1.82, 2.24) is 14.7 Å². The van der Waals surface area contributed by atoms with Crippen LogP contribution in [0.5, 0.6) is 0 Å². The van der Waals surface area contributed by atoms with Crippen molar-refractivity contribution in [2.45, 2.75) is 39.5 Å². The summed E-state index contributed by atoms with van der Waals surface area (Å²) in [6.07, 6.45) is 4.70. The first-order valence-corrected chi connectivity index (χ1v) is 10.5. The highest BCUT2D eigenvalue weighted by Crippen LogP contribution is 2.23. The molecule has 3 amide bonds. The molecule has 0 aliphatic carbocycles. The lowest BCUT2D eigenvalue weighted by molar-refractivity contribution is -0.143. The number of piperazine rings is 1. The average Bonchev–Trinajstić information content (AvgIpc) is 3.28. The molecule has 0 atom stereocenters. The van der Waals surface area contributed by atoms with Crippen LogP contribution in [-0.2, 0) is 9.59 Å². The van der Waals surface area contributed by atoms with Crippen LogP contribution in [-0.4, -0.2) is 71.7 Å². The van der Waals surface area contributed by atoms with Gasteiger partial charge in [0.2, 0.25) is 11.8 Å². The van der Waals surface area contributed by atoms with E-state index in [0.717, 1.165) is 25.7 Å². The monoisotopic (exact) mass is 389 g/mol. The number of furan rings is 1. The Morgan fingerprint density at radius 1 is 0.964 bits per heavy atom. The van der Waals surface area contributed by atoms with Crippen LogP contribution in [0.2, 0.25) is 0 Å². The molecule has 0 unspecified atom stereocenters. The Balaban J connectivity index is 1.46. The number of hydrogen-bond donors (Lipinski definition) is 0. The molecule has 2 aliphatic heterocycles. The summed E-state index contributed by atoms with van der Waals surface area (Å²) in [5, 5.41) is 0. The van der Waals surface area contributed by atoms with Crippen LogP contribution in [0, 0.1) is 11.8 Å². The maximum absolute atomic E-state index is 12.9. The Morgan fingerprint density at radius 2 is 1.57 bits per heavy atom. The summed E-state index contributed by atoms with van der Waals surface area (Å²) in [5.74, 6) is 0.713. The van der Waals surface area contributed by atoms with Crippen molar-refractivity contribution in [2.75, 3.05) is 39.3 Å². The van der Waals surface area contributed by atoms with Gasteiger partial charge in [0.1, 0.15) is 0 Å². The number of piperidine rings is 1. The number of hydrogen-bond acceptors (Lipinski definition) is 4. The van der Waals surface area contributed by atoms with Crippen LogP contribution in [0.1, 0.15) is 50.1 Å². The Labute approximate surface area is 166 Å². The molecular weight excluding hydrogens is 358 g/mol. The van der Waals surface area contributed by atoms with E-state index in [0.29, 0.717) is 45.0 Å². The average molecular weight is 389 g/mol. The molecule has 0 saturated carbocycles. The third kappa shape index (κ3) is 4.39. The third-order valence-electron chi connectivity index (χ3n) is 6.10. The lowest BCUT2D eigenvalue weighted by Gasteiger charge is -2.38. The van der Waals surface area contributed by atoms with E-state index in [4.69, 9.17) is 4.42 Å². The maximum atomic E-state index is 12.9. The molecule has 1 aromatic heterocycles. The predicted molar refractivity (Wildman–Crippen MR) is 105 cm³/mol. The molecule has 2 saturated heterocycles. The van der Waals surface area contributed by atoms with Crippen LogP contribution >= 0.6 is 0 Å². The molecule has 1 aromatic rings. The minimum Gasteiger partial charge on any atom is -0.459 e. The van der Waals surface area contributed by atoms with E-state index < -0.39 is 0 Å². The van der Waals surface area contributed by atoms with E-state index >= 15 is 0 Å². The summed E-state index contributed by atoms with van der Waals surface area (Å²) < 4.78 is 5.18. The fourth-order valence-electron chi connectivity index (χ4n) is 4.19. The van der Waals surface area contributed by atoms with Gasteiger partial charge in [-0.3, -0.25) is 14.4 Å².